The summed E-state index contributed by atoms with van der Waals surface area (Å²) in [6, 6.07) is 5.70. The van der Waals surface area contributed by atoms with Gasteiger partial charge in [-0.2, -0.15) is 5.10 Å². The van der Waals surface area contributed by atoms with E-state index in [2.05, 4.69) is 10.3 Å². The molecule has 0 aliphatic rings. The molecule has 0 bridgehead atoms. The van der Waals surface area contributed by atoms with Crippen LogP contribution in [-0.2, 0) is 5.41 Å². The van der Waals surface area contributed by atoms with Gasteiger partial charge in [0.2, 0.25) is 0 Å². The lowest BCUT2D eigenvalue weighted by molar-refractivity contribution is 0.561. The average Bonchev–Trinajstić information content (AvgIpc) is 2.67. The van der Waals surface area contributed by atoms with E-state index in [1.165, 1.54) is 16.8 Å². The molecule has 6 heteroatoms. The van der Waals surface area contributed by atoms with E-state index in [0.717, 1.165) is 0 Å². The van der Waals surface area contributed by atoms with Crippen LogP contribution in [0.5, 0.6) is 0 Å². The van der Waals surface area contributed by atoms with Crippen LogP contribution in [-0.4, -0.2) is 9.78 Å². The van der Waals surface area contributed by atoms with Gasteiger partial charge in [-0.3, -0.25) is 0 Å². The highest BCUT2D eigenvalue weighted by Crippen LogP contribution is 2.36. The van der Waals surface area contributed by atoms with Gasteiger partial charge in [0.1, 0.15) is 5.82 Å². The van der Waals surface area contributed by atoms with E-state index in [9.17, 15) is 9.30 Å². The molecule has 5 nitrogen and oxygen atoms in total. The van der Waals surface area contributed by atoms with Gasteiger partial charge in [-0.25, -0.2) is 9.07 Å². The number of halogens is 1. The Balaban J connectivity index is 2.63. The average molecular weight is 262 g/mol. The molecule has 0 saturated carbocycles. The normalized spacial score (nSPS) is 11.6. The fourth-order valence-corrected chi connectivity index (χ4v) is 1.80. The number of aromatic nitrogens is 2. The molecule has 100 valence electrons. The van der Waals surface area contributed by atoms with Gasteiger partial charge < -0.3 is 5.73 Å². The van der Waals surface area contributed by atoms with E-state index >= 15 is 0 Å². The highest BCUT2D eigenvalue weighted by atomic mass is 19.1. The first-order valence-electron chi connectivity index (χ1n) is 5.83. The Morgan fingerprint density at radius 3 is 2.26 bits per heavy atom. The van der Waals surface area contributed by atoms with Crippen molar-refractivity contribution in [2.75, 3.05) is 5.73 Å². The Bertz CT molecular complexity index is 611. The van der Waals surface area contributed by atoms with Crippen molar-refractivity contribution in [2.24, 2.45) is 5.18 Å². The van der Waals surface area contributed by atoms with Crippen molar-refractivity contribution in [1.29, 1.82) is 0 Å². The Morgan fingerprint density at radius 1 is 1.26 bits per heavy atom. The Hall–Kier alpha value is -2.24. The maximum Gasteiger partial charge on any atom is 0.173 e. The zero-order valence-corrected chi connectivity index (χ0v) is 11.0. The summed E-state index contributed by atoms with van der Waals surface area (Å²) in [6.07, 6.45) is 0. The van der Waals surface area contributed by atoms with Gasteiger partial charge in [-0.05, 0) is 29.4 Å². The van der Waals surface area contributed by atoms with Crippen molar-refractivity contribution < 1.29 is 4.39 Å². The molecule has 0 aliphatic carbocycles. The number of rotatable bonds is 2. The van der Waals surface area contributed by atoms with E-state index in [-0.39, 0.29) is 22.7 Å². The summed E-state index contributed by atoms with van der Waals surface area (Å²) in [7, 11) is 0. The van der Waals surface area contributed by atoms with Crippen LogP contribution < -0.4 is 5.73 Å². The van der Waals surface area contributed by atoms with Crippen LogP contribution in [0.25, 0.3) is 5.69 Å². The van der Waals surface area contributed by atoms with Gasteiger partial charge in [0.05, 0.1) is 11.4 Å². The van der Waals surface area contributed by atoms with Crippen LogP contribution in [0, 0.1) is 10.7 Å². The zero-order chi connectivity index (χ0) is 14.2. The molecule has 0 radical (unpaired) electrons. The van der Waals surface area contributed by atoms with Gasteiger partial charge in [0.15, 0.2) is 11.5 Å². The lowest BCUT2D eigenvalue weighted by atomic mass is 9.91. The fraction of sp³-hybridized carbons (Fsp3) is 0.308. The second-order valence-electron chi connectivity index (χ2n) is 5.31. The number of nitrogen functional groups attached to an aromatic ring is 1. The van der Waals surface area contributed by atoms with Crippen molar-refractivity contribution in [3.05, 3.63) is 40.7 Å². The standard InChI is InChI=1S/C13H15FN4O/c1-13(2,3)11-10(17-19)12(15)18(16-11)9-6-4-8(14)5-7-9/h4-7H,15H2,1-3H3. The summed E-state index contributed by atoms with van der Waals surface area (Å²) in [4.78, 5) is 11.0. The van der Waals surface area contributed by atoms with E-state index in [1.807, 2.05) is 20.8 Å². The molecule has 0 unspecified atom stereocenters. The van der Waals surface area contributed by atoms with Gasteiger partial charge in [0.25, 0.3) is 0 Å². The SMILES string of the molecule is CC(C)(C)c1nn(-c2ccc(F)cc2)c(N)c1N=O. The van der Waals surface area contributed by atoms with Crippen LogP contribution in [0.4, 0.5) is 15.9 Å². The van der Waals surface area contributed by atoms with E-state index in [4.69, 9.17) is 5.73 Å². The molecular weight excluding hydrogens is 247 g/mol. The van der Waals surface area contributed by atoms with Gasteiger partial charge in [-0.1, -0.05) is 20.8 Å². The highest BCUT2D eigenvalue weighted by molar-refractivity contribution is 5.65. The number of nitroso groups, excluding NO2 is 1. The lowest BCUT2D eigenvalue weighted by Crippen LogP contribution is -2.13. The summed E-state index contributed by atoms with van der Waals surface area (Å²) in [5.41, 5.74) is 6.77. The van der Waals surface area contributed by atoms with Gasteiger partial charge >= 0.3 is 0 Å². The largest absolute Gasteiger partial charge is 0.382 e. The monoisotopic (exact) mass is 262 g/mol. The molecule has 0 amide bonds. The second kappa shape index (κ2) is 4.46. The highest BCUT2D eigenvalue weighted by Gasteiger charge is 2.27. The number of benzene rings is 1. The third-order valence-corrected chi connectivity index (χ3v) is 2.77. The molecule has 1 aromatic heterocycles. The first-order valence-corrected chi connectivity index (χ1v) is 5.83. The minimum atomic E-state index is -0.358. The summed E-state index contributed by atoms with van der Waals surface area (Å²) < 4.78 is 14.3. The topological polar surface area (TPSA) is 73.3 Å². The second-order valence-corrected chi connectivity index (χ2v) is 5.31. The van der Waals surface area contributed by atoms with Gasteiger partial charge in [0, 0.05) is 5.41 Å². The zero-order valence-electron chi connectivity index (χ0n) is 11.0. The minimum Gasteiger partial charge on any atom is -0.382 e. The van der Waals surface area contributed by atoms with Crippen molar-refractivity contribution in [3.63, 3.8) is 0 Å². The van der Waals surface area contributed by atoms with Crippen LogP contribution in [0.15, 0.2) is 29.4 Å². The van der Waals surface area contributed by atoms with Crippen LogP contribution in [0.1, 0.15) is 26.5 Å². The number of nitrogens with two attached hydrogens (primary N) is 1. The van der Waals surface area contributed by atoms with Crippen LogP contribution in [0.3, 0.4) is 0 Å². The molecule has 0 aliphatic heterocycles. The van der Waals surface area contributed by atoms with Crippen molar-refractivity contribution >= 4 is 11.5 Å². The first kappa shape index (κ1) is 13.2. The predicted molar refractivity (Wildman–Crippen MR) is 72.1 cm³/mol. The number of hydrogen-bond acceptors (Lipinski definition) is 4. The molecule has 0 fully saturated rings. The van der Waals surface area contributed by atoms with E-state index in [0.29, 0.717) is 11.4 Å². The Morgan fingerprint density at radius 2 is 1.84 bits per heavy atom. The van der Waals surface area contributed by atoms with Gasteiger partial charge in [-0.15, -0.1) is 4.91 Å². The maximum atomic E-state index is 12.9. The van der Waals surface area contributed by atoms with Crippen molar-refractivity contribution in [1.82, 2.24) is 9.78 Å². The van der Waals surface area contributed by atoms with Crippen molar-refractivity contribution in [3.8, 4) is 5.69 Å². The molecule has 1 aromatic carbocycles. The van der Waals surface area contributed by atoms with Crippen LogP contribution in [0.2, 0.25) is 0 Å². The summed E-state index contributed by atoms with van der Waals surface area (Å²) in [5.74, 6) is -0.189. The Labute approximate surface area is 110 Å². The van der Waals surface area contributed by atoms with Crippen LogP contribution >= 0.6 is 0 Å². The first-order chi connectivity index (χ1) is 8.84. The Kier molecular flexibility index (Phi) is 3.09. The molecule has 2 N–H and O–H groups in total. The number of nitrogens with zero attached hydrogens (tertiary/aromatic N) is 3. The molecule has 2 rings (SSSR count). The lowest BCUT2D eigenvalue weighted by Gasteiger charge is -2.14. The third kappa shape index (κ3) is 2.33. The number of hydrogen-bond donors (Lipinski definition) is 1. The fourth-order valence-electron chi connectivity index (χ4n) is 1.80. The molecule has 0 saturated heterocycles. The summed E-state index contributed by atoms with van der Waals surface area (Å²) in [5, 5.41) is 7.30. The van der Waals surface area contributed by atoms with E-state index in [1.54, 1.807) is 12.1 Å². The van der Waals surface area contributed by atoms with E-state index < -0.39 is 0 Å². The smallest absolute Gasteiger partial charge is 0.173 e. The summed E-state index contributed by atoms with van der Waals surface area (Å²) >= 11 is 0. The minimum absolute atomic E-state index is 0.136. The molecule has 0 atom stereocenters. The molecule has 2 aromatic rings. The quantitative estimate of drug-likeness (QED) is 0.844. The summed E-state index contributed by atoms with van der Waals surface area (Å²) in [6.45, 7) is 5.75. The maximum absolute atomic E-state index is 12.9. The number of anilines is 1. The molecule has 1 heterocycles. The van der Waals surface area contributed by atoms with Crippen molar-refractivity contribution in [2.45, 2.75) is 26.2 Å². The third-order valence-electron chi connectivity index (χ3n) is 2.77. The molecule has 0 spiro atoms. The molecular formula is C13H15FN4O. The predicted octanol–water partition coefficient (Wildman–Crippen LogP) is 3.29. The molecule has 19 heavy (non-hydrogen) atoms.